The molecule has 2 saturated heterocycles. The highest BCUT2D eigenvalue weighted by atomic mass is 35.5. The molecule has 2 aromatic heterocycles. The van der Waals surface area contributed by atoms with Crippen molar-refractivity contribution in [1.29, 1.82) is 0 Å². The summed E-state index contributed by atoms with van der Waals surface area (Å²) >= 11 is 5.91. The maximum atomic E-state index is 14.3. The number of carbonyl (C=O) groups is 2. The van der Waals surface area contributed by atoms with Crippen LogP contribution in [0.15, 0.2) is 36.5 Å². The van der Waals surface area contributed by atoms with Gasteiger partial charge in [-0.05, 0) is 77.3 Å². The fourth-order valence-electron chi connectivity index (χ4n) is 5.66. The maximum absolute atomic E-state index is 14.3. The Balaban J connectivity index is 1.46. The molecule has 1 aromatic carbocycles. The summed E-state index contributed by atoms with van der Waals surface area (Å²) in [6.45, 7) is 11.9. The Kier molecular flexibility index (Phi) is 6.31. The molecule has 4 heterocycles. The van der Waals surface area contributed by atoms with Gasteiger partial charge in [0.2, 0.25) is 5.91 Å². The monoisotopic (exact) mass is 525 g/mol. The molecule has 0 saturated carbocycles. The normalized spacial score (nSPS) is 18.3. The van der Waals surface area contributed by atoms with Gasteiger partial charge in [-0.3, -0.25) is 14.5 Å². The van der Waals surface area contributed by atoms with E-state index in [1.54, 1.807) is 23.1 Å². The van der Waals surface area contributed by atoms with E-state index in [-0.39, 0.29) is 28.4 Å². The van der Waals surface area contributed by atoms with Crippen molar-refractivity contribution < 1.29 is 14.0 Å². The van der Waals surface area contributed by atoms with Crippen LogP contribution in [0.1, 0.15) is 57.9 Å². The van der Waals surface area contributed by atoms with Gasteiger partial charge in [-0.1, -0.05) is 17.7 Å². The molecular formula is C28H33ClFN5O2. The van der Waals surface area contributed by atoms with Crippen molar-refractivity contribution in [2.75, 3.05) is 19.8 Å². The summed E-state index contributed by atoms with van der Waals surface area (Å²) in [7, 11) is 0. The molecule has 2 aliphatic heterocycles. The number of likely N-dealkylation sites (tertiary alicyclic amines) is 1. The number of carbonyl (C=O) groups excluding carboxylic acids is 2. The second-order valence-corrected chi connectivity index (χ2v) is 11.7. The van der Waals surface area contributed by atoms with E-state index in [9.17, 15) is 14.0 Å². The van der Waals surface area contributed by atoms with Crippen molar-refractivity contribution in [1.82, 2.24) is 24.7 Å². The Labute approximate surface area is 221 Å². The summed E-state index contributed by atoms with van der Waals surface area (Å²) in [6, 6.07) is 8.61. The molecule has 1 spiro atoms. The molecule has 0 unspecified atom stereocenters. The minimum atomic E-state index is -0.550. The number of nitrogens with zero attached hydrogens (tertiary/aromatic N) is 4. The van der Waals surface area contributed by atoms with E-state index in [1.807, 2.05) is 16.8 Å². The van der Waals surface area contributed by atoms with Gasteiger partial charge in [0.25, 0.3) is 5.91 Å². The maximum Gasteiger partial charge on any atom is 0.272 e. The second-order valence-electron chi connectivity index (χ2n) is 11.3. The summed E-state index contributed by atoms with van der Waals surface area (Å²) in [5.74, 6) is -0.570. The average Bonchev–Trinajstić information content (AvgIpc) is 3.39. The van der Waals surface area contributed by atoms with Gasteiger partial charge in [0, 0.05) is 41.8 Å². The standard InChI is InChI=1S/C28H33ClFN5O2/c1-17(2)35-16-31-26(37)28(35)10-12-33(13-11-28)25(36)23-9-7-19-20(18-6-8-21(29)22(30)14-18)15-34(24(19)32-23)27(3,4)5/h6-9,14-15,17H,10-13,16H2,1-5H3,(H,31,37). The fourth-order valence-corrected chi connectivity index (χ4v) is 5.78. The largest absolute Gasteiger partial charge is 0.342 e. The molecular weight excluding hydrogens is 493 g/mol. The molecule has 1 N–H and O–H groups in total. The van der Waals surface area contributed by atoms with Crippen LogP contribution in [0.2, 0.25) is 5.02 Å². The minimum Gasteiger partial charge on any atom is -0.342 e. The highest BCUT2D eigenvalue weighted by molar-refractivity contribution is 6.30. The van der Waals surface area contributed by atoms with Crippen molar-refractivity contribution >= 4 is 34.4 Å². The van der Waals surface area contributed by atoms with Gasteiger partial charge in [-0.15, -0.1) is 0 Å². The number of hydrogen-bond donors (Lipinski definition) is 1. The SMILES string of the molecule is CC(C)N1CNC(=O)C12CCN(C(=O)c1ccc3c(-c4ccc(Cl)c(F)c4)cn(C(C)(C)C)c3n1)CC2. The minimum absolute atomic E-state index is 0.0574. The Hall–Kier alpha value is -2.97. The van der Waals surface area contributed by atoms with Gasteiger partial charge in [0.15, 0.2) is 0 Å². The van der Waals surface area contributed by atoms with Crippen LogP contribution in [0.3, 0.4) is 0 Å². The third-order valence-electron chi connectivity index (χ3n) is 7.71. The third-order valence-corrected chi connectivity index (χ3v) is 8.01. The van der Waals surface area contributed by atoms with E-state index >= 15 is 0 Å². The first-order valence-electron chi connectivity index (χ1n) is 12.7. The summed E-state index contributed by atoms with van der Waals surface area (Å²) in [5, 5.41) is 3.90. The number of pyridine rings is 1. The molecule has 0 aliphatic carbocycles. The highest BCUT2D eigenvalue weighted by Gasteiger charge is 2.51. The molecule has 2 aliphatic rings. The van der Waals surface area contributed by atoms with Crippen molar-refractivity contribution in [3.63, 3.8) is 0 Å². The predicted molar refractivity (Wildman–Crippen MR) is 143 cm³/mol. The lowest BCUT2D eigenvalue weighted by Gasteiger charge is -2.43. The molecule has 0 bridgehead atoms. The zero-order valence-electron chi connectivity index (χ0n) is 21.9. The summed E-state index contributed by atoms with van der Waals surface area (Å²) in [4.78, 5) is 35.1. The number of piperidine rings is 1. The van der Waals surface area contributed by atoms with E-state index in [2.05, 4.69) is 44.8 Å². The average molecular weight is 526 g/mol. The van der Waals surface area contributed by atoms with Crippen LogP contribution in [0.5, 0.6) is 0 Å². The van der Waals surface area contributed by atoms with E-state index in [0.717, 1.165) is 10.9 Å². The number of rotatable bonds is 3. The summed E-state index contributed by atoms with van der Waals surface area (Å²) in [6.07, 6.45) is 3.14. The van der Waals surface area contributed by atoms with Gasteiger partial charge in [0.05, 0.1) is 11.7 Å². The highest BCUT2D eigenvalue weighted by Crippen LogP contribution is 2.36. The quantitative estimate of drug-likeness (QED) is 0.521. The van der Waals surface area contributed by atoms with E-state index in [1.165, 1.54) is 6.07 Å². The zero-order chi connectivity index (χ0) is 26.7. The second kappa shape index (κ2) is 9.10. The number of benzene rings is 1. The summed E-state index contributed by atoms with van der Waals surface area (Å²) in [5.41, 5.74) is 1.68. The first-order valence-corrected chi connectivity index (χ1v) is 13.1. The number of halogens is 2. The predicted octanol–water partition coefficient (Wildman–Crippen LogP) is 5.02. The number of hydrogen-bond acceptors (Lipinski definition) is 4. The van der Waals surface area contributed by atoms with Crippen LogP contribution in [0.4, 0.5) is 4.39 Å². The molecule has 5 rings (SSSR count). The third kappa shape index (κ3) is 4.30. The Morgan fingerprint density at radius 3 is 2.49 bits per heavy atom. The fraction of sp³-hybridized carbons (Fsp3) is 0.464. The molecule has 9 heteroatoms. The van der Waals surface area contributed by atoms with Crippen LogP contribution in [-0.4, -0.2) is 62.5 Å². The van der Waals surface area contributed by atoms with Crippen molar-refractivity contribution in [2.45, 2.75) is 64.6 Å². The number of fused-ring (bicyclic) bond motifs is 1. The molecule has 2 amide bonds. The van der Waals surface area contributed by atoms with Gasteiger partial charge in [0.1, 0.15) is 22.7 Å². The molecule has 37 heavy (non-hydrogen) atoms. The van der Waals surface area contributed by atoms with Gasteiger partial charge >= 0.3 is 0 Å². The zero-order valence-corrected chi connectivity index (χ0v) is 22.7. The van der Waals surface area contributed by atoms with Gasteiger partial charge < -0.3 is 14.8 Å². The smallest absolute Gasteiger partial charge is 0.272 e. The lowest BCUT2D eigenvalue weighted by Crippen LogP contribution is -2.58. The molecule has 196 valence electrons. The molecule has 0 radical (unpaired) electrons. The van der Waals surface area contributed by atoms with Crippen molar-refractivity contribution in [2.24, 2.45) is 0 Å². The lowest BCUT2D eigenvalue weighted by molar-refractivity contribution is -0.129. The molecule has 0 atom stereocenters. The van der Waals surface area contributed by atoms with Crippen LogP contribution < -0.4 is 5.32 Å². The van der Waals surface area contributed by atoms with Crippen LogP contribution in [0, 0.1) is 5.82 Å². The van der Waals surface area contributed by atoms with Crippen LogP contribution >= 0.6 is 11.6 Å². The number of nitrogens with one attached hydrogen (secondary N) is 1. The van der Waals surface area contributed by atoms with E-state index in [4.69, 9.17) is 16.6 Å². The Morgan fingerprint density at radius 2 is 1.86 bits per heavy atom. The molecule has 2 fully saturated rings. The van der Waals surface area contributed by atoms with Crippen LogP contribution in [0.25, 0.3) is 22.2 Å². The Bertz CT molecular complexity index is 1390. The number of amides is 2. The van der Waals surface area contributed by atoms with Crippen molar-refractivity contribution in [3.8, 4) is 11.1 Å². The van der Waals surface area contributed by atoms with Crippen molar-refractivity contribution in [3.05, 3.63) is 53.1 Å². The molecule has 7 nitrogen and oxygen atoms in total. The van der Waals surface area contributed by atoms with Gasteiger partial charge in [-0.25, -0.2) is 9.37 Å². The Morgan fingerprint density at radius 1 is 1.16 bits per heavy atom. The first kappa shape index (κ1) is 25.7. The topological polar surface area (TPSA) is 70.5 Å². The molecule has 3 aromatic rings. The van der Waals surface area contributed by atoms with E-state index < -0.39 is 11.4 Å². The van der Waals surface area contributed by atoms with Gasteiger partial charge in [-0.2, -0.15) is 0 Å². The van der Waals surface area contributed by atoms with Crippen LogP contribution in [-0.2, 0) is 10.3 Å². The lowest BCUT2D eigenvalue weighted by atomic mass is 9.85. The number of aromatic nitrogens is 2. The first-order chi connectivity index (χ1) is 17.4. The summed E-state index contributed by atoms with van der Waals surface area (Å²) < 4.78 is 16.3. The van der Waals surface area contributed by atoms with E-state index in [0.29, 0.717) is 49.5 Å².